The van der Waals surface area contributed by atoms with Gasteiger partial charge in [-0.05, 0) is 18.4 Å². The molecule has 0 aliphatic rings. The van der Waals surface area contributed by atoms with E-state index in [9.17, 15) is 0 Å². The van der Waals surface area contributed by atoms with Crippen LogP contribution in [0.2, 0.25) is 0 Å². The predicted octanol–water partition coefficient (Wildman–Crippen LogP) is 1.37. The second-order valence-electron chi connectivity index (χ2n) is 3.91. The van der Waals surface area contributed by atoms with Gasteiger partial charge in [-0.15, -0.1) is 10.2 Å². The van der Waals surface area contributed by atoms with Gasteiger partial charge in [-0.2, -0.15) is 0 Å². The first kappa shape index (κ1) is 11.6. The molecular formula is C12H16N4O. The van der Waals surface area contributed by atoms with E-state index >= 15 is 0 Å². The molecule has 0 unspecified atom stereocenters. The summed E-state index contributed by atoms with van der Waals surface area (Å²) >= 11 is 0. The van der Waals surface area contributed by atoms with Gasteiger partial charge in [0.1, 0.15) is 0 Å². The van der Waals surface area contributed by atoms with E-state index < -0.39 is 0 Å². The number of aryl methyl sites for hydroxylation is 1. The number of nitrogens with zero attached hydrogens (tertiary/aromatic N) is 2. The fraction of sp³-hybridized carbons (Fsp3) is 0.333. The van der Waals surface area contributed by atoms with Gasteiger partial charge in [-0.25, -0.2) is 0 Å². The third-order valence-electron chi connectivity index (χ3n) is 2.74. The SMILES string of the molecule is COCCCc1cccc2c(N)nnc(N)c12. The van der Waals surface area contributed by atoms with Gasteiger partial charge < -0.3 is 16.2 Å². The second kappa shape index (κ2) is 4.97. The number of methoxy groups -OCH3 is 1. The van der Waals surface area contributed by atoms with Crippen molar-refractivity contribution in [1.29, 1.82) is 0 Å². The van der Waals surface area contributed by atoms with Crippen molar-refractivity contribution in [3.63, 3.8) is 0 Å². The third kappa shape index (κ3) is 2.29. The van der Waals surface area contributed by atoms with Crippen LogP contribution < -0.4 is 11.5 Å². The Hall–Kier alpha value is -1.88. The molecule has 0 saturated heterocycles. The molecule has 0 atom stereocenters. The summed E-state index contributed by atoms with van der Waals surface area (Å²) in [5.41, 5.74) is 12.8. The van der Waals surface area contributed by atoms with Crippen LogP contribution in [0.15, 0.2) is 18.2 Å². The standard InChI is InChI=1S/C12H16N4O/c1-17-7-3-5-8-4-2-6-9-10(8)12(14)16-15-11(9)13/h2,4,6H,3,5,7H2,1H3,(H2,13,15)(H2,14,16). The zero-order chi connectivity index (χ0) is 12.3. The Morgan fingerprint density at radius 3 is 2.71 bits per heavy atom. The molecule has 0 bridgehead atoms. The summed E-state index contributed by atoms with van der Waals surface area (Å²) in [6.07, 6.45) is 1.83. The van der Waals surface area contributed by atoms with Crippen LogP contribution >= 0.6 is 0 Å². The lowest BCUT2D eigenvalue weighted by atomic mass is 10.0. The van der Waals surface area contributed by atoms with Gasteiger partial charge >= 0.3 is 0 Å². The van der Waals surface area contributed by atoms with Crippen LogP contribution in [-0.4, -0.2) is 23.9 Å². The quantitative estimate of drug-likeness (QED) is 0.777. The van der Waals surface area contributed by atoms with Crippen LogP contribution in [0.25, 0.3) is 10.8 Å². The Labute approximate surface area is 99.8 Å². The van der Waals surface area contributed by atoms with Crippen molar-refractivity contribution in [2.75, 3.05) is 25.2 Å². The minimum Gasteiger partial charge on any atom is -0.385 e. The molecule has 0 aliphatic heterocycles. The number of benzene rings is 1. The molecule has 5 heteroatoms. The van der Waals surface area contributed by atoms with Crippen molar-refractivity contribution in [2.45, 2.75) is 12.8 Å². The van der Waals surface area contributed by atoms with E-state index in [0.29, 0.717) is 11.6 Å². The number of rotatable bonds is 4. The lowest BCUT2D eigenvalue weighted by molar-refractivity contribution is 0.195. The zero-order valence-corrected chi connectivity index (χ0v) is 9.81. The summed E-state index contributed by atoms with van der Waals surface area (Å²) in [6, 6.07) is 5.91. The summed E-state index contributed by atoms with van der Waals surface area (Å²) in [6.45, 7) is 0.726. The van der Waals surface area contributed by atoms with Crippen molar-refractivity contribution in [3.05, 3.63) is 23.8 Å². The first-order chi connectivity index (χ1) is 8.24. The molecular weight excluding hydrogens is 216 g/mol. The van der Waals surface area contributed by atoms with Gasteiger partial charge in [0, 0.05) is 24.5 Å². The summed E-state index contributed by atoms with van der Waals surface area (Å²) in [7, 11) is 1.70. The molecule has 4 N–H and O–H groups in total. The van der Waals surface area contributed by atoms with Crippen LogP contribution in [-0.2, 0) is 11.2 Å². The molecule has 1 aromatic carbocycles. The number of hydrogen-bond acceptors (Lipinski definition) is 5. The minimum atomic E-state index is 0.419. The molecule has 90 valence electrons. The summed E-state index contributed by atoms with van der Waals surface area (Å²) in [5.74, 6) is 0.852. The molecule has 0 saturated carbocycles. The van der Waals surface area contributed by atoms with Crippen LogP contribution in [0.5, 0.6) is 0 Å². The van der Waals surface area contributed by atoms with Gasteiger partial charge in [0.05, 0.1) is 0 Å². The van der Waals surface area contributed by atoms with Crippen LogP contribution in [0.4, 0.5) is 11.6 Å². The highest BCUT2D eigenvalue weighted by atomic mass is 16.5. The first-order valence-electron chi connectivity index (χ1n) is 5.52. The summed E-state index contributed by atoms with van der Waals surface area (Å²) < 4.78 is 5.05. The molecule has 5 nitrogen and oxygen atoms in total. The number of nitrogen functional groups attached to an aromatic ring is 2. The Balaban J connectivity index is 2.45. The zero-order valence-electron chi connectivity index (χ0n) is 9.81. The molecule has 17 heavy (non-hydrogen) atoms. The molecule has 0 radical (unpaired) electrons. The largest absolute Gasteiger partial charge is 0.385 e. The molecule has 1 aromatic heterocycles. The molecule has 0 amide bonds. The normalized spacial score (nSPS) is 10.9. The number of fused-ring (bicyclic) bond motifs is 1. The van der Waals surface area contributed by atoms with Gasteiger partial charge in [-0.1, -0.05) is 18.2 Å². The summed E-state index contributed by atoms with van der Waals surface area (Å²) in [5, 5.41) is 9.47. The van der Waals surface area contributed by atoms with Crippen molar-refractivity contribution in [2.24, 2.45) is 0 Å². The maximum Gasteiger partial charge on any atom is 0.154 e. The molecule has 0 spiro atoms. The van der Waals surface area contributed by atoms with Crippen LogP contribution in [0, 0.1) is 0 Å². The van der Waals surface area contributed by atoms with Gasteiger partial charge in [0.2, 0.25) is 0 Å². The fourth-order valence-corrected chi connectivity index (χ4v) is 1.94. The van der Waals surface area contributed by atoms with E-state index in [-0.39, 0.29) is 0 Å². The maximum absolute atomic E-state index is 5.87. The van der Waals surface area contributed by atoms with E-state index in [1.165, 1.54) is 0 Å². The van der Waals surface area contributed by atoms with E-state index in [1.807, 2.05) is 18.2 Å². The highest BCUT2D eigenvalue weighted by Crippen LogP contribution is 2.26. The summed E-state index contributed by atoms with van der Waals surface area (Å²) in [4.78, 5) is 0. The molecule has 0 aliphatic carbocycles. The maximum atomic E-state index is 5.87. The average molecular weight is 232 g/mol. The van der Waals surface area contributed by atoms with E-state index in [1.54, 1.807) is 7.11 Å². The topological polar surface area (TPSA) is 87.0 Å². The third-order valence-corrected chi connectivity index (χ3v) is 2.74. The molecule has 1 heterocycles. The Bertz CT molecular complexity index is 527. The monoisotopic (exact) mass is 232 g/mol. The number of aromatic nitrogens is 2. The number of nitrogens with two attached hydrogens (primary N) is 2. The van der Waals surface area contributed by atoms with Crippen molar-refractivity contribution >= 4 is 22.4 Å². The molecule has 0 fully saturated rings. The number of hydrogen-bond donors (Lipinski definition) is 2. The fourth-order valence-electron chi connectivity index (χ4n) is 1.94. The highest BCUT2D eigenvalue weighted by Gasteiger charge is 2.08. The van der Waals surface area contributed by atoms with E-state index in [2.05, 4.69) is 10.2 Å². The average Bonchev–Trinajstić information content (AvgIpc) is 2.34. The van der Waals surface area contributed by atoms with Gasteiger partial charge in [0.25, 0.3) is 0 Å². The molecule has 2 aromatic rings. The minimum absolute atomic E-state index is 0.419. The predicted molar refractivity (Wildman–Crippen MR) is 68.6 cm³/mol. The number of anilines is 2. The number of ether oxygens (including phenoxy) is 1. The van der Waals surface area contributed by atoms with Gasteiger partial charge in [-0.3, -0.25) is 0 Å². The Kier molecular flexibility index (Phi) is 3.39. The van der Waals surface area contributed by atoms with Crippen molar-refractivity contribution in [3.8, 4) is 0 Å². The van der Waals surface area contributed by atoms with Crippen molar-refractivity contribution in [1.82, 2.24) is 10.2 Å². The van der Waals surface area contributed by atoms with Gasteiger partial charge in [0.15, 0.2) is 11.6 Å². The Morgan fingerprint density at radius 2 is 1.94 bits per heavy atom. The highest BCUT2D eigenvalue weighted by molar-refractivity contribution is 5.99. The van der Waals surface area contributed by atoms with E-state index in [0.717, 1.165) is 35.8 Å². The second-order valence-corrected chi connectivity index (χ2v) is 3.91. The van der Waals surface area contributed by atoms with Crippen LogP contribution in [0.3, 0.4) is 0 Å². The molecule has 2 rings (SSSR count). The Morgan fingerprint density at radius 1 is 1.18 bits per heavy atom. The van der Waals surface area contributed by atoms with Crippen molar-refractivity contribution < 1.29 is 4.74 Å². The van der Waals surface area contributed by atoms with E-state index in [4.69, 9.17) is 16.2 Å². The lowest BCUT2D eigenvalue weighted by Crippen LogP contribution is -2.02. The lowest BCUT2D eigenvalue weighted by Gasteiger charge is -2.09. The van der Waals surface area contributed by atoms with Crippen LogP contribution in [0.1, 0.15) is 12.0 Å². The first-order valence-corrected chi connectivity index (χ1v) is 5.52. The smallest absolute Gasteiger partial charge is 0.154 e.